The van der Waals surface area contributed by atoms with E-state index in [4.69, 9.17) is 14.5 Å². The molecule has 0 saturated heterocycles. The van der Waals surface area contributed by atoms with Crippen LogP contribution in [0.5, 0.6) is 11.5 Å². The number of ether oxygens (including phenoxy) is 2. The third kappa shape index (κ3) is 6.18. The molecule has 0 radical (unpaired) electrons. The van der Waals surface area contributed by atoms with Crippen molar-refractivity contribution in [2.45, 2.75) is 60.1 Å². The van der Waals surface area contributed by atoms with E-state index in [1.165, 1.54) is 12.1 Å². The predicted molar refractivity (Wildman–Crippen MR) is 120 cm³/mol. The first-order chi connectivity index (χ1) is 14.6. The van der Waals surface area contributed by atoms with Crippen molar-refractivity contribution in [3.63, 3.8) is 0 Å². The Bertz CT molecular complexity index is 1010. The van der Waals surface area contributed by atoms with Gasteiger partial charge in [-0.3, -0.25) is 0 Å². The fraction of sp³-hybridized carbons (Fsp3) is 0.480. The van der Waals surface area contributed by atoms with Gasteiger partial charge >= 0.3 is 0 Å². The van der Waals surface area contributed by atoms with Crippen molar-refractivity contribution in [2.24, 2.45) is 11.8 Å². The van der Waals surface area contributed by atoms with Crippen molar-refractivity contribution in [3.05, 3.63) is 53.9 Å². The number of fused-ring (bicyclic) bond motifs is 1. The zero-order valence-electron chi connectivity index (χ0n) is 19.0. The van der Waals surface area contributed by atoms with Crippen LogP contribution in [0.15, 0.2) is 42.5 Å². The molecule has 3 rings (SSSR count). The maximum Gasteiger partial charge on any atom is 0.270 e. The van der Waals surface area contributed by atoms with Crippen LogP contribution in [0, 0.1) is 11.8 Å². The first-order valence-corrected chi connectivity index (χ1v) is 10.9. The van der Waals surface area contributed by atoms with Crippen molar-refractivity contribution < 1.29 is 18.3 Å². The molecule has 6 heteroatoms. The Balaban J connectivity index is 1.84. The summed E-state index contributed by atoms with van der Waals surface area (Å²) in [5.74, 6) is 0.0738. The zero-order valence-corrected chi connectivity index (χ0v) is 19.0. The van der Waals surface area contributed by atoms with Gasteiger partial charge in [0.1, 0.15) is 23.9 Å². The highest BCUT2D eigenvalue weighted by atomic mass is 19.3. The second-order valence-electron chi connectivity index (χ2n) is 8.92. The van der Waals surface area contributed by atoms with Gasteiger partial charge < -0.3 is 14.0 Å². The van der Waals surface area contributed by atoms with Crippen molar-refractivity contribution >= 4 is 11.0 Å². The molecule has 0 saturated carbocycles. The van der Waals surface area contributed by atoms with Crippen LogP contribution in [0.25, 0.3) is 11.0 Å². The van der Waals surface area contributed by atoms with Gasteiger partial charge in [0.25, 0.3) is 5.92 Å². The number of hydrogen-bond donors (Lipinski definition) is 0. The summed E-state index contributed by atoms with van der Waals surface area (Å²) in [6, 6.07) is 12.0. The quantitative estimate of drug-likeness (QED) is 0.355. The van der Waals surface area contributed by atoms with E-state index in [9.17, 15) is 8.78 Å². The second-order valence-corrected chi connectivity index (χ2v) is 8.92. The van der Waals surface area contributed by atoms with Crippen LogP contribution in [-0.2, 0) is 19.1 Å². The number of benzene rings is 2. The molecule has 0 fully saturated rings. The Kier molecular flexibility index (Phi) is 7.19. The lowest BCUT2D eigenvalue weighted by Gasteiger charge is -2.15. The number of halogens is 2. The third-order valence-electron chi connectivity index (χ3n) is 5.02. The summed E-state index contributed by atoms with van der Waals surface area (Å²) >= 11 is 0. The van der Waals surface area contributed by atoms with Crippen molar-refractivity contribution in [1.82, 2.24) is 9.55 Å². The van der Waals surface area contributed by atoms with Crippen LogP contribution in [0.4, 0.5) is 8.78 Å². The van der Waals surface area contributed by atoms with Crippen LogP contribution in [0.3, 0.4) is 0 Å². The first kappa shape index (κ1) is 23.0. The zero-order chi connectivity index (χ0) is 22.6. The van der Waals surface area contributed by atoms with Crippen molar-refractivity contribution in [3.8, 4) is 11.5 Å². The molecule has 0 aliphatic rings. The molecule has 0 amide bonds. The van der Waals surface area contributed by atoms with E-state index >= 15 is 0 Å². The van der Waals surface area contributed by atoms with E-state index < -0.39 is 5.92 Å². The van der Waals surface area contributed by atoms with Gasteiger partial charge in [-0.1, -0.05) is 39.8 Å². The van der Waals surface area contributed by atoms with Crippen molar-refractivity contribution in [1.29, 1.82) is 0 Å². The molecule has 0 bridgehead atoms. The van der Waals surface area contributed by atoms with Gasteiger partial charge in [-0.15, -0.1) is 0 Å². The minimum atomic E-state index is -2.91. The smallest absolute Gasteiger partial charge is 0.270 e. The Morgan fingerprint density at radius 1 is 0.968 bits per heavy atom. The highest BCUT2D eigenvalue weighted by Gasteiger charge is 2.24. The monoisotopic (exact) mass is 430 g/mol. The SMILES string of the molecule is CC(C)CCOc1ccc2nc(COc3cccc(C(C)(F)F)c3)n(CC(C)C)c2c1. The standard InChI is InChI=1S/C25H32F2N2O2/c1-17(2)11-12-30-21-9-10-22-23(14-21)29(15-18(3)4)24(28-22)16-31-20-8-6-7-19(13-20)25(5,26)27/h6-10,13-14,17-18H,11-12,15-16H2,1-5H3. The average Bonchev–Trinajstić information content (AvgIpc) is 3.02. The fourth-order valence-electron chi connectivity index (χ4n) is 3.34. The van der Waals surface area contributed by atoms with E-state index in [1.807, 2.05) is 18.2 Å². The molecule has 0 spiro atoms. The molecule has 0 atom stereocenters. The van der Waals surface area contributed by atoms with Crippen LogP contribution >= 0.6 is 0 Å². The third-order valence-corrected chi connectivity index (χ3v) is 5.02. The van der Waals surface area contributed by atoms with Gasteiger partial charge in [-0.25, -0.2) is 13.8 Å². The number of alkyl halides is 2. The Hall–Kier alpha value is -2.63. The van der Waals surface area contributed by atoms with Crippen LogP contribution in [0.2, 0.25) is 0 Å². The summed E-state index contributed by atoms with van der Waals surface area (Å²) in [5.41, 5.74) is 1.79. The minimum Gasteiger partial charge on any atom is -0.494 e. The molecule has 1 heterocycles. The van der Waals surface area contributed by atoms with Gasteiger partial charge in [0.2, 0.25) is 0 Å². The summed E-state index contributed by atoms with van der Waals surface area (Å²) in [6.45, 7) is 11.2. The molecular formula is C25H32F2N2O2. The summed E-state index contributed by atoms with van der Waals surface area (Å²) in [7, 11) is 0. The molecule has 0 unspecified atom stereocenters. The fourth-order valence-corrected chi connectivity index (χ4v) is 3.34. The molecule has 1 aromatic heterocycles. The maximum absolute atomic E-state index is 13.6. The molecule has 0 aliphatic carbocycles. The van der Waals surface area contributed by atoms with E-state index in [0.29, 0.717) is 24.2 Å². The van der Waals surface area contributed by atoms with Gasteiger partial charge in [-0.05, 0) is 42.5 Å². The maximum atomic E-state index is 13.6. The Morgan fingerprint density at radius 3 is 2.39 bits per heavy atom. The molecule has 0 aliphatic heterocycles. The predicted octanol–water partition coefficient (Wildman–Crippen LogP) is 6.81. The second kappa shape index (κ2) is 9.67. The van der Waals surface area contributed by atoms with Gasteiger partial charge in [0, 0.05) is 25.1 Å². The minimum absolute atomic E-state index is 0.0659. The molecule has 168 valence electrons. The van der Waals surface area contributed by atoms with Crippen molar-refractivity contribution in [2.75, 3.05) is 6.61 Å². The van der Waals surface area contributed by atoms with Crippen LogP contribution in [-0.4, -0.2) is 16.2 Å². The lowest BCUT2D eigenvalue weighted by molar-refractivity contribution is 0.0172. The van der Waals surface area contributed by atoms with Gasteiger partial charge in [-0.2, -0.15) is 0 Å². The largest absolute Gasteiger partial charge is 0.494 e. The lowest BCUT2D eigenvalue weighted by Crippen LogP contribution is -2.11. The summed E-state index contributed by atoms with van der Waals surface area (Å²) in [4.78, 5) is 4.74. The highest BCUT2D eigenvalue weighted by Crippen LogP contribution is 2.30. The number of rotatable bonds is 10. The normalized spacial score (nSPS) is 12.2. The number of nitrogens with zero attached hydrogens (tertiary/aromatic N) is 2. The Morgan fingerprint density at radius 2 is 1.71 bits per heavy atom. The lowest BCUT2D eigenvalue weighted by atomic mass is 10.1. The molecule has 0 N–H and O–H groups in total. The van der Waals surface area contributed by atoms with Crippen LogP contribution < -0.4 is 9.47 Å². The van der Waals surface area contributed by atoms with E-state index in [0.717, 1.165) is 42.5 Å². The van der Waals surface area contributed by atoms with Gasteiger partial charge in [0.05, 0.1) is 17.6 Å². The number of aromatic nitrogens is 2. The molecule has 2 aromatic carbocycles. The Labute approximate surface area is 183 Å². The summed E-state index contributed by atoms with van der Waals surface area (Å²) < 4.78 is 41.2. The number of imidazole rings is 1. The van der Waals surface area contributed by atoms with Crippen LogP contribution in [0.1, 0.15) is 52.4 Å². The van der Waals surface area contributed by atoms with E-state index in [2.05, 4.69) is 32.3 Å². The molecule has 4 nitrogen and oxygen atoms in total. The van der Waals surface area contributed by atoms with E-state index in [-0.39, 0.29) is 12.2 Å². The first-order valence-electron chi connectivity index (χ1n) is 10.9. The van der Waals surface area contributed by atoms with Gasteiger partial charge in [0.15, 0.2) is 0 Å². The molecular weight excluding hydrogens is 398 g/mol. The molecule has 3 aromatic rings. The summed E-state index contributed by atoms with van der Waals surface area (Å²) in [6.07, 6.45) is 0.998. The topological polar surface area (TPSA) is 36.3 Å². The summed E-state index contributed by atoms with van der Waals surface area (Å²) in [5, 5.41) is 0. The molecule has 31 heavy (non-hydrogen) atoms. The van der Waals surface area contributed by atoms with E-state index in [1.54, 1.807) is 12.1 Å². The highest BCUT2D eigenvalue weighted by molar-refractivity contribution is 5.77. The average molecular weight is 431 g/mol. The number of hydrogen-bond acceptors (Lipinski definition) is 3.